The molecule has 2 atom stereocenters. The molecule has 23 heavy (non-hydrogen) atoms. The van der Waals surface area contributed by atoms with E-state index >= 15 is 0 Å². The molecule has 120 valence electrons. The van der Waals surface area contributed by atoms with Crippen LogP contribution in [0.5, 0.6) is 0 Å². The summed E-state index contributed by atoms with van der Waals surface area (Å²) in [7, 11) is 1.66. The highest BCUT2D eigenvalue weighted by Gasteiger charge is 2.43. The zero-order chi connectivity index (χ0) is 16.2. The molecule has 1 fully saturated rings. The van der Waals surface area contributed by atoms with E-state index in [0.717, 1.165) is 23.1 Å². The van der Waals surface area contributed by atoms with Crippen LogP contribution in [0.25, 0.3) is 0 Å². The van der Waals surface area contributed by atoms with Crippen LogP contribution in [0.15, 0.2) is 48.5 Å². The number of hydrogen-bond donors (Lipinski definition) is 1. The summed E-state index contributed by atoms with van der Waals surface area (Å²) in [4.78, 5) is 12.3. The summed E-state index contributed by atoms with van der Waals surface area (Å²) in [5.41, 5.74) is 3.19. The Bertz CT molecular complexity index is 684. The van der Waals surface area contributed by atoms with E-state index in [2.05, 4.69) is 5.32 Å². The number of methoxy groups -OCH3 is 1. The zero-order valence-electron chi connectivity index (χ0n) is 13.1. The fraction of sp³-hybridized carbons (Fsp3) is 0.316. The highest BCUT2D eigenvalue weighted by molar-refractivity contribution is 5.82. The van der Waals surface area contributed by atoms with Crippen molar-refractivity contribution in [3.63, 3.8) is 0 Å². The van der Waals surface area contributed by atoms with Crippen LogP contribution >= 0.6 is 0 Å². The molecule has 1 aliphatic carbocycles. The molecule has 1 saturated carbocycles. The predicted octanol–water partition coefficient (Wildman–Crippen LogP) is 3.39. The fourth-order valence-electron chi connectivity index (χ4n) is 2.90. The predicted molar refractivity (Wildman–Crippen MR) is 86.2 cm³/mol. The first-order chi connectivity index (χ1) is 11.2. The molecule has 0 aliphatic heterocycles. The van der Waals surface area contributed by atoms with Gasteiger partial charge in [-0.3, -0.25) is 4.79 Å². The number of hydrogen-bond acceptors (Lipinski definition) is 2. The van der Waals surface area contributed by atoms with Crippen molar-refractivity contribution >= 4 is 5.91 Å². The first-order valence-corrected chi connectivity index (χ1v) is 7.78. The third-order valence-corrected chi connectivity index (χ3v) is 4.30. The maximum absolute atomic E-state index is 12.9. The third-order valence-electron chi connectivity index (χ3n) is 4.30. The second-order valence-corrected chi connectivity index (χ2v) is 5.92. The summed E-state index contributed by atoms with van der Waals surface area (Å²) in [5, 5.41) is 3.00. The Balaban J connectivity index is 1.56. The summed E-state index contributed by atoms with van der Waals surface area (Å²) in [6.45, 7) is 1.04. The molecule has 4 heteroatoms. The largest absolute Gasteiger partial charge is 0.380 e. The summed E-state index contributed by atoms with van der Waals surface area (Å²) in [6, 6.07) is 14.3. The smallest absolute Gasteiger partial charge is 0.224 e. The van der Waals surface area contributed by atoms with Crippen molar-refractivity contribution in [2.75, 3.05) is 7.11 Å². The van der Waals surface area contributed by atoms with Crippen molar-refractivity contribution in [2.45, 2.75) is 25.5 Å². The Kier molecular flexibility index (Phi) is 4.72. The van der Waals surface area contributed by atoms with Crippen molar-refractivity contribution in [2.24, 2.45) is 5.92 Å². The number of ether oxygens (including phenoxy) is 1. The molecule has 0 spiro atoms. The molecule has 0 heterocycles. The topological polar surface area (TPSA) is 38.3 Å². The van der Waals surface area contributed by atoms with Gasteiger partial charge in [-0.15, -0.1) is 0 Å². The van der Waals surface area contributed by atoms with E-state index in [-0.39, 0.29) is 23.6 Å². The van der Waals surface area contributed by atoms with Gasteiger partial charge in [0.2, 0.25) is 5.91 Å². The maximum Gasteiger partial charge on any atom is 0.224 e. The molecule has 1 N–H and O–H groups in total. The van der Waals surface area contributed by atoms with Crippen LogP contribution in [-0.4, -0.2) is 13.0 Å². The summed E-state index contributed by atoms with van der Waals surface area (Å²) < 4.78 is 18.1. The van der Waals surface area contributed by atoms with Gasteiger partial charge in [-0.25, -0.2) is 4.39 Å². The van der Waals surface area contributed by atoms with E-state index in [9.17, 15) is 9.18 Å². The number of halogens is 1. The van der Waals surface area contributed by atoms with Crippen LogP contribution in [0.4, 0.5) is 4.39 Å². The quantitative estimate of drug-likeness (QED) is 0.888. The van der Waals surface area contributed by atoms with Gasteiger partial charge in [0.15, 0.2) is 0 Å². The van der Waals surface area contributed by atoms with Crippen LogP contribution in [-0.2, 0) is 22.7 Å². The van der Waals surface area contributed by atoms with Crippen LogP contribution < -0.4 is 5.32 Å². The third kappa shape index (κ3) is 3.77. The summed E-state index contributed by atoms with van der Waals surface area (Å²) in [6.07, 6.45) is 0.831. The van der Waals surface area contributed by atoms with Gasteiger partial charge in [0.1, 0.15) is 5.82 Å². The van der Waals surface area contributed by atoms with Crippen LogP contribution in [0, 0.1) is 11.7 Å². The number of carbonyl (C=O) groups is 1. The SMILES string of the molecule is COCc1ccccc1CNC(=O)C1CC1c1ccc(F)cc1. The van der Waals surface area contributed by atoms with Crippen LogP contribution in [0.3, 0.4) is 0 Å². The van der Waals surface area contributed by atoms with E-state index in [0.29, 0.717) is 13.2 Å². The monoisotopic (exact) mass is 313 g/mol. The van der Waals surface area contributed by atoms with E-state index in [4.69, 9.17) is 4.74 Å². The minimum Gasteiger partial charge on any atom is -0.380 e. The number of carbonyl (C=O) groups excluding carboxylic acids is 1. The van der Waals surface area contributed by atoms with Crippen LogP contribution in [0.2, 0.25) is 0 Å². The van der Waals surface area contributed by atoms with Crippen LogP contribution in [0.1, 0.15) is 29.0 Å². The molecule has 2 aromatic carbocycles. The van der Waals surface area contributed by atoms with Crippen molar-refractivity contribution in [3.05, 3.63) is 71.0 Å². The molecule has 0 aromatic heterocycles. The van der Waals surface area contributed by atoms with E-state index in [1.807, 2.05) is 24.3 Å². The van der Waals surface area contributed by atoms with E-state index in [1.165, 1.54) is 12.1 Å². The first kappa shape index (κ1) is 15.7. The average Bonchev–Trinajstić information content (AvgIpc) is 3.35. The Morgan fingerprint density at radius 1 is 1.17 bits per heavy atom. The van der Waals surface area contributed by atoms with Gasteiger partial charge in [0.25, 0.3) is 0 Å². The number of nitrogens with one attached hydrogen (secondary N) is 1. The van der Waals surface area contributed by atoms with Gasteiger partial charge in [-0.05, 0) is 41.2 Å². The molecule has 2 aromatic rings. The lowest BCUT2D eigenvalue weighted by molar-refractivity contribution is -0.122. The molecular weight excluding hydrogens is 293 g/mol. The Labute approximate surface area is 135 Å². The highest BCUT2D eigenvalue weighted by Crippen LogP contribution is 2.47. The molecule has 1 aliphatic rings. The molecule has 0 radical (unpaired) electrons. The molecule has 0 bridgehead atoms. The normalized spacial score (nSPS) is 19.4. The van der Waals surface area contributed by atoms with Gasteiger partial charge < -0.3 is 10.1 Å². The lowest BCUT2D eigenvalue weighted by atomic mass is 10.1. The minimum absolute atomic E-state index is 0.00458. The summed E-state index contributed by atoms with van der Waals surface area (Å²) >= 11 is 0. The van der Waals surface area contributed by atoms with Crippen molar-refractivity contribution < 1.29 is 13.9 Å². The molecular formula is C19H20FNO2. The first-order valence-electron chi connectivity index (χ1n) is 7.78. The lowest BCUT2D eigenvalue weighted by Crippen LogP contribution is -2.25. The van der Waals surface area contributed by atoms with Crippen molar-refractivity contribution in [1.29, 1.82) is 0 Å². The minimum atomic E-state index is -0.245. The Morgan fingerprint density at radius 3 is 2.57 bits per heavy atom. The van der Waals surface area contributed by atoms with Gasteiger partial charge in [-0.2, -0.15) is 0 Å². The average molecular weight is 313 g/mol. The number of amides is 1. The van der Waals surface area contributed by atoms with Gasteiger partial charge in [0.05, 0.1) is 6.61 Å². The molecule has 0 saturated heterocycles. The second-order valence-electron chi connectivity index (χ2n) is 5.92. The second kappa shape index (κ2) is 6.92. The fourth-order valence-corrected chi connectivity index (χ4v) is 2.90. The highest BCUT2D eigenvalue weighted by atomic mass is 19.1. The molecule has 1 amide bonds. The zero-order valence-corrected chi connectivity index (χ0v) is 13.1. The molecule has 3 nitrogen and oxygen atoms in total. The maximum atomic E-state index is 12.9. The van der Waals surface area contributed by atoms with Crippen molar-refractivity contribution in [3.8, 4) is 0 Å². The standard InChI is InChI=1S/C19H20FNO2/c1-23-12-15-5-3-2-4-14(15)11-21-19(22)18-10-17(18)13-6-8-16(20)9-7-13/h2-9,17-18H,10-12H2,1H3,(H,21,22). The summed E-state index contributed by atoms with van der Waals surface area (Å²) in [5.74, 6) is 0.0246. The van der Waals surface area contributed by atoms with E-state index < -0.39 is 0 Å². The van der Waals surface area contributed by atoms with E-state index in [1.54, 1.807) is 19.2 Å². The van der Waals surface area contributed by atoms with Crippen molar-refractivity contribution in [1.82, 2.24) is 5.32 Å². The van der Waals surface area contributed by atoms with Gasteiger partial charge in [-0.1, -0.05) is 36.4 Å². The number of benzene rings is 2. The molecule has 3 rings (SSSR count). The van der Waals surface area contributed by atoms with Gasteiger partial charge >= 0.3 is 0 Å². The Hall–Kier alpha value is -2.20. The lowest BCUT2D eigenvalue weighted by Gasteiger charge is -2.10. The number of rotatable bonds is 6. The Morgan fingerprint density at radius 2 is 1.87 bits per heavy atom. The van der Waals surface area contributed by atoms with Gasteiger partial charge in [0, 0.05) is 19.6 Å². The molecule has 2 unspecified atom stereocenters.